The maximum Gasteiger partial charge on any atom is 0.142 e. The molecule has 1 aromatic carbocycles. The maximum atomic E-state index is 12.9. The van der Waals surface area contributed by atoms with E-state index >= 15 is 0 Å². The van der Waals surface area contributed by atoms with E-state index in [1.54, 1.807) is 6.07 Å². The average Bonchev–Trinajstić information content (AvgIpc) is 2.09. The van der Waals surface area contributed by atoms with Gasteiger partial charge in [-0.3, -0.25) is 0 Å². The molecule has 72 valence electrons. The third-order valence-electron chi connectivity index (χ3n) is 1.87. The van der Waals surface area contributed by atoms with Gasteiger partial charge in [0.2, 0.25) is 0 Å². The van der Waals surface area contributed by atoms with Gasteiger partial charge in [-0.15, -0.1) is 0 Å². The van der Waals surface area contributed by atoms with E-state index in [-0.39, 0.29) is 5.02 Å². The van der Waals surface area contributed by atoms with Crippen LogP contribution in [0.3, 0.4) is 0 Å². The molecule has 13 heavy (non-hydrogen) atoms. The third-order valence-corrected chi connectivity index (χ3v) is 2.16. The summed E-state index contributed by atoms with van der Waals surface area (Å²) in [5, 5.41) is 0.137. The first-order valence-corrected chi connectivity index (χ1v) is 4.29. The average molecular weight is 204 g/mol. The number of hydrogen-bond acceptors (Lipinski definition) is 2. The molecule has 0 radical (unpaired) electrons. The second kappa shape index (κ2) is 4.56. The van der Waals surface area contributed by atoms with E-state index in [0.29, 0.717) is 13.0 Å². The topological polar surface area (TPSA) is 35.2 Å². The summed E-state index contributed by atoms with van der Waals surface area (Å²) in [5.41, 5.74) is 1.82. The predicted molar refractivity (Wildman–Crippen MR) is 50.0 cm³/mol. The Bertz CT molecular complexity index is 304. The summed E-state index contributed by atoms with van der Waals surface area (Å²) in [6.45, 7) is 2.23. The minimum absolute atomic E-state index is 0.137. The number of hydrogen-bond donors (Lipinski definition) is 1. The van der Waals surface area contributed by atoms with Gasteiger partial charge in [-0.1, -0.05) is 11.6 Å². The van der Waals surface area contributed by atoms with E-state index < -0.39 is 5.82 Å². The summed E-state index contributed by atoms with van der Waals surface area (Å²) in [4.78, 5) is 4.43. The van der Waals surface area contributed by atoms with Crippen LogP contribution in [0.4, 0.5) is 4.39 Å². The summed E-state index contributed by atoms with van der Waals surface area (Å²) in [6, 6.07) is 3.01. The first kappa shape index (κ1) is 10.4. The molecule has 0 atom stereocenters. The molecule has 0 aliphatic carbocycles. The highest BCUT2D eigenvalue weighted by Crippen LogP contribution is 2.20. The van der Waals surface area contributed by atoms with Crippen molar-refractivity contribution in [3.8, 4) is 0 Å². The molecule has 0 saturated carbocycles. The van der Waals surface area contributed by atoms with Crippen molar-refractivity contribution in [2.75, 3.05) is 6.61 Å². The molecule has 1 aromatic rings. The number of nitrogens with two attached hydrogens (primary N) is 1. The van der Waals surface area contributed by atoms with Gasteiger partial charge < -0.3 is 4.84 Å². The predicted octanol–water partition coefficient (Wildman–Crippen LogP) is 2.22. The zero-order valence-electron chi connectivity index (χ0n) is 7.31. The van der Waals surface area contributed by atoms with Gasteiger partial charge in [0.05, 0.1) is 11.6 Å². The van der Waals surface area contributed by atoms with Crippen LogP contribution in [0.15, 0.2) is 12.1 Å². The first-order chi connectivity index (χ1) is 6.15. The Morgan fingerprint density at radius 3 is 2.85 bits per heavy atom. The Hall–Kier alpha value is -0.640. The van der Waals surface area contributed by atoms with Crippen molar-refractivity contribution in [2.24, 2.45) is 5.90 Å². The molecule has 0 aliphatic rings. The Morgan fingerprint density at radius 1 is 1.54 bits per heavy atom. The van der Waals surface area contributed by atoms with Crippen molar-refractivity contribution in [3.05, 3.63) is 34.1 Å². The van der Waals surface area contributed by atoms with Gasteiger partial charge in [-0.05, 0) is 36.6 Å². The van der Waals surface area contributed by atoms with Crippen molar-refractivity contribution >= 4 is 11.6 Å². The maximum absolute atomic E-state index is 12.9. The molecular weight excluding hydrogens is 193 g/mol. The fourth-order valence-electron chi connectivity index (χ4n) is 1.13. The highest BCUT2D eigenvalue weighted by atomic mass is 35.5. The van der Waals surface area contributed by atoms with Crippen LogP contribution < -0.4 is 5.90 Å². The zero-order chi connectivity index (χ0) is 9.84. The van der Waals surface area contributed by atoms with Crippen molar-refractivity contribution < 1.29 is 9.23 Å². The largest absolute Gasteiger partial charge is 0.304 e. The molecular formula is C9H11ClFNO. The molecule has 2 nitrogen and oxygen atoms in total. The fourth-order valence-corrected chi connectivity index (χ4v) is 1.31. The Labute approximate surface area is 81.4 Å². The van der Waals surface area contributed by atoms with Gasteiger partial charge in [0, 0.05) is 0 Å². The summed E-state index contributed by atoms with van der Waals surface area (Å²) in [7, 11) is 0. The van der Waals surface area contributed by atoms with Crippen LogP contribution in [0.2, 0.25) is 5.02 Å². The minimum atomic E-state index is -0.392. The van der Waals surface area contributed by atoms with Gasteiger partial charge in [0.25, 0.3) is 0 Å². The van der Waals surface area contributed by atoms with Crippen molar-refractivity contribution in [1.82, 2.24) is 0 Å². The number of benzene rings is 1. The summed E-state index contributed by atoms with van der Waals surface area (Å²) >= 11 is 5.62. The van der Waals surface area contributed by atoms with Crippen molar-refractivity contribution in [2.45, 2.75) is 13.3 Å². The smallest absolute Gasteiger partial charge is 0.142 e. The van der Waals surface area contributed by atoms with Gasteiger partial charge in [-0.25, -0.2) is 10.3 Å². The highest BCUT2D eigenvalue weighted by molar-refractivity contribution is 6.30. The number of aryl methyl sites for hydroxylation is 1. The second-order valence-corrected chi connectivity index (χ2v) is 3.22. The Kier molecular flexibility index (Phi) is 3.66. The number of halogens is 2. The molecule has 0 amide bonds. The van der Waals surface area contributed by atoms with Gasteiger partial charge in [0.1, 0.15) is 5.82 Å². The monoisotopic (exact) mass is 203 g/mol. The molecule has 0 fully saturated rings. The van der Waals surface area contributed by atoms with E-state index in [9.17, 15) is 4.39 Å². The highest BCUT2D eigenvalue weighted by Gasteiger charge is 2.04. The second-order valence-electron chi connectivity index (χ2n) is 2.81. The number of rotatable bonds is 3. The molecule has 0 aromatic heterocycles. The van der Waals surface area contributed by atoms with Crippen LogP contribution in [-0.4, -0.2) is 6.61 Å². The van der Waals surface area contributed by atoms with E-state index in [2.05, 4.69) is 4.84 Å². The van der Waals surface area contributed by atoms with Crippen molar-refractivity contribution in [3.63, 3.8) is 0 Å². The van der Waals surface area contributed by atoms with E-state index in [1.165, 1.54) is 6.07 Å². The van der Waals surface area contributed by atoms with Crippen LogP contribution in [0.1, 0.15) is 11.1 Å². The SMILES string of the molecule is Cc1cc(F)c(Cl)cc1CCON. The van der Waals surface area contributed by atoms with Crippen LogP contribution in [0.25, 0.3) is 0 Å². The standard InChI is InChI=1S/C9H11ClFNO/c1-6-4-9(11)8(10)5-7(6)2-3-13-12/h4-5H,2-3,12H2,1H3. The summed E-state index contributed by atoms with van der Waals surface area (Å²) in [6.07, 6.45) is 0.641. The van der Waals surface area contributed by atoms with E-state index in [0.717, 1.165) is 11.1 Å². The van der Waals surface area contributed by atoms with Crippen LogP contribution >= 0.6 is 11.6 Å². The molecule has 0 aliphatic heterocycles. The molecule has 2 N–H and O–H groups in total. The third kappa shape index (κ3) is 2.66. The zero-order valence-corrected chi connectivity index (χ0v) is 8.07. The lowest BCUT2D eigenvalue weighted by Crippen LogP contribution is -2.05. The molecule has 0 saturated heterocycles. The first-order valence-electron chi connectivity index (χ1n) is 3.91. The Balaban J connectivity index is 2.88. The summed E-state index contributed by atoms with van der Waals surface area (Å²) in [5.74, 6) is 4.50. The molecule has 0 heterocycles. The minimum Gasteiger partial charge on any atom is -0.304 e. The van der Waals surface area contributed by atoms with Gasteiger partial charge >= 0.3 is 0 Å². The Morgan fingerprint density at radius 2 is 2.23 bits per heavy atom. The van der Waals surface area contributed by atoms with Crippen molar-refractivity contribution in [1.29, 1.82) is 0 Å². The fraction of sp³-hybridized carbons (Fsp3) is 0.333. The molecule has 0 bridgehead atoms. The lowest BCUT2D eigenvalue weighted by Gasteiger charge is -2.05. The molecule has 1 rings (SSSR count). The quantitative estimate of drug-likeness (QED) is 0.765. The van der Waals surface area contributed by atoms with Crippen LogP contribution in [0, 0.1) is 12.7 Å². The van der Waals surface area contributed by atoms with Crippen LogP contribution in [0.5, 0.6) is 0 Å². The summed E-state index contributed by atoms with van der Waals surface area (Å²) < 4.78 is 12.9. The van der Waals surface area contributed by atoms with E-state index in [1.807, 2.05) is 6.92 Å². The molecule has 0 spiro atoms. The normalized spacial score (nSPS) is 10.5. The van der Waals surface area contributed by atoms with E-state index in [4.69, 9.17) is 17.5 Å². The molecule has 0 unspecified atom stereocenters. The molecule has 4 heteroatoms. The lowest BCUT2D eigenvalue weighted by atomic mass is 10.1. The lowest BCUT2D eigenvalue weighted by molar-refractivity contribution is 0.141. The van der Waals surface area contributed by atoms with Gasteiger partial charge in [0.15, 0.2) is 0 Å². The van der Waals surface area contributed by atoms with Gasteiger partial charge in [-0.2, -0.15) is 0 Å². The van der Waals surface area contributed by atoms with Crippen LogP contribution in [-0.2, 0) is 11.3 Å².